The van der Waals surface area contributed by atoms with Crippen LogP contribution in [-0.2, 0) is 9.84 Å². The Kier molecular flexibility index (Phi) is 1.84. The minimum atomic E-state index is -3.49. The third kappa shape index (κ3) is 1.59. The predicted molar refractivity (Wildman–Crippen MR) is 38.4 cm³/mol. The van der Waals surface area contributed by atoms with E-state index in [1.807, 2.05) is 0 Å². The van der Waals surface area contributed by atoms with Crippen LogP contribution in [0.5, 0.6) is 0 Å². The summed E-state index contributed by atoms with van der Waals surface area (Å²) in [5, 5.41) is 9.69. The smallest absolute Gasteiger partial charge is 0.341 e. The highest BCUT2D eigenvalue weighted by Gasteiger charge is 2.18. The number of nitro groups is 1. The first kappa shape index (κ1) is 8.65. The van der Waals surface area contributed by atoms with Crippen molar-refractivity contribution < 1.29 is 13.3 Å². The normalized spacial score (nSPS) is 11.4. The van der Waals surface area contributed by atoms with Crippen LogP contribution in [-0.4, -0.2) is 29.6 Å². The molecule has 0 saturated heterocycles. The summed E-state index contributed by atoms with van der Waals surface area (Å²) in [5.74, 6) is -0.435. The van der Waals surface area contributed by atoms with Gasteiger partial charge in [0.05, 0.1) is 0 Å². The summed E-state index contributed by atoms with van der Waals surface area (Å²) in [6.07, 6.45) is 1.77. The highest BCUT2D eigenvalue weighted by Crippen LogP contribution is 2.09. The summed E-state index contributed by atoms with van der Waals surface area (Å²) in [6.45, 7) is 0. The Morgan fingerprint density at radius 2 is 2.25 bits per heavy atom. The van der Waals surface area contributed by atoms with Crippen LogP contribution < -0.4 is 0 Å². The fourth-order valence-corrected chi connectivity index (χ4v) is 1.11. The van der Waals surface area contributed by atoms with Crippen LogP contribution in [0.1, 0.15) is 0 Å². The summed E-state index contributed by atoms with van der Waals surface area (Å²) in [4.78, 5) is 14.7. The minimum absolute atomic E-state index is 0.394. The van der Waals surface area contributed by atoms with Crippen LogP contribution in [0.3, 0.4) is 0 Å². The number of sulfone groups is 1. The topological polar surface area (TPSA) is 106 Å². The molecule has 0 amide bonds. The third-order valence-corrected chi connectivity index (χ3v) is 2.00. The summed E-state index contributed by atoms with van der Waals surface area (Å²) < 4.78 is 21.5. The van der Waals surface area contributed by atoms with E-state index in [0.717, 1.165) is 12.5 Å². The molecule has 1 aromatic heterocycles. The lowest BCUT2D eigenvalue weighted by molar-refractivity contribution is -0.389. The molecule has 0 aliphatic rings. The van der Waals surface area contributed by atoms with E-state index in [0.29, 0.717) is 0 Å². The van der Waals surface area contributed by atoms with E-state index in [1.54, 1.807) is 0 Å². The largest absolute Gasteiger partial charge is 0.358 e. The van der Waals surface area contributed by atoms with Crippen molar-refractivity contribution in [2.24, 2.45) is 0 Å². The van der Waals surface area contributed by atoms with E-state index in [-0.39, 0.29) is 0 Å². The highest BCUT2D eigenvalue weighted by molar-refractivity contribution is 7.90. The molecule has 0 aromatic carbocycles. The lowest BCUT2D eigenvalue weighted by Gasteiger charge is -1.86. The molecule has 0 saturated carbocycles. The Morgan fingerprint density at radius 3 is 2.50 bits per heavy atom. The Labute approximate surface area is 67.5 Å². The second-order valence-corrected chi connectivity index (χ2v) is 4.03. The molecule has 0 aliphatic heterocycles. The molecule has 0 unspecified atom stereocenters. The van der Waals surface area contributed by atoms with Crippen LogP contribution in [0.4, 0.5) is 5.82 Å². The number of imidazole rings is 1. The summed E-state index contributed by atoms with van der Waals surface area (Å²) in [5.41, 5.74) is 0. The molecule has 0 aliphatic carbocycles. The molecule has 12 heavy (non-hydrogen) atoms. The van der Waals surface area contributed by atoms with Crippen molar-refractivity contribution in [3.63, 3.8) is 0 Å². The van der Waals surface area contributed by atoms with Crippen LogP contribution in [0, 0.1) is 10.1 Å². The van der Waals surface area contributed by atoms with E-state index in [9.17, 15) is 18.5 Å². The van der Waals surface area contributed by atoms with Crippen molar-refractivity contribution in [3.05, 3.63) is 16.3 Å². The molecule has 1 heterocycles. The highest BCUT2D eigenvalue weighted by atomic mass is 32.2. The zero-order chi connectivity index (χ0) is 9.35. The molecule has 0 radical (unpaired) electrons. The lowest BCUT2D eigenvalue weighted by atomic mass is 10.8. The first-order valence-corrected chi connectivity index (χ1v) is 4.70. The fraction of sp³-hybridized carbons (Fsp3) is 0.250. The van der Waals surface area contributed by atoms with Gasteiger partial charge in [0, 0.05) is 6.26 Å². The Bertz CT molecular complexity index is 406. The molecule has 1 rings (SSSR count). The molecule has 1 aromatic rings. The monoisotopic (exact) mass is 191 g/mol. The van der Waals surface area contributed by atoms with Gasteiger partial charge >= 0.3 is 11.0 Å². The molecule has 66 valence electrons. The van der Waals surface area contributed by atoms with Gasteiger partial charge in [0.25, 0.3) is 0 Å². The van der Waals surface area contributed by atoms with Gasteiger partial charge in [-0.25, -0.2) is 13.4 Å². The van der Waals surface area contributed by atoms with Crippen LogP contribution in [0.15, 0.2) is 11.4 Å². The number of aromatic amines is 1. The van der Waals surface area contributed by atoms with Crippen molar-refractivity contribution in [1.29, 1.82) is 0 Å². The maximum Gasteiger partial charge on any atom is 0.341 e. The zero-order valence-electron chi connectivity index (χ0n) is 6.01. The molecule has 0 atom stereocenters. The van der Waals surface area contributed by atoms with Crippen LogP contribution >= 0.6 is 0 Å². The molecule has 1 N–H and O–H groups in total. The van der Waals surface area contributed by atoms with Gasteiger partial charge in [0.15, 0.2) is 0 Å². The summed E-state index contributed by atoms with van der Waals surface area (Å²) >= 11 is 0. The first-order chi connectivity index (χ1) is 5.41. The summed E-state index contributed by atoms with van der Waals surface area (Å²) in [6, 6.07) is 0. The SMILES string of the molecule is CS(=O)(=O)c1ncc([N+](=O)[O-])[nH]1. The van der Waals surface area contributed by atoms with Gasteiger partial charge < -0.3 is 10.1 Å². The first-order valence-electron chi connectivity index (χ1n) is 2.80. The van der Waals surface area contributed by atoms with Gasteiger partial charge in [-0.15, -0.1) is 0 Å². The molecule has 0 fully saturated rings. The van der Waals surface area contributed by atoms with Gasteiger partial charge in [-0.2, -0.15) is 4.98 Å². The molecule has 0 spiro atoms. The predicted octanol–water partition coefficient (Wildman–Crippen LogP) is -0.279. The molecule has 0 bridgehead atoms. The number of nitrogens with zero attached hydrogens (tertiary/aromatic N) is 2. The standard InChI is InChI=1S/C4H5N3O4S/c1-12(10,11)4-5-2-3(6-4)7(8)9/h2H,1H3,(H,5,6). The van der Waals surface area contributed by atoms with Crippen molar-refractivity contribution >= 4 is 15.7 Å². The van der Waals surface area contributed by atoms with E-state index in [1.165, 1.54) is 0 Å². The van der Waals surface area contributed by atoms with Gasteiger partial charge in [-0.05, 0) is 4.92 Å². The second kappa shape index (κ2) is 2.55. The third-order valence-electron chi connectivity index (χ3n) is 1.09. The van der Waals surface area contributed by atoms with Crippen molar-refractivity contribution in [1.82, 2.24) is 9.97 Å². The van der Waals surface area contributed by atoms with E-state index in [4.69, 9.17) is 0 Å². The minimum Gasteiger partial charge on any atom is -0.358 e. The molecule has 8 heteroatoms. The second-order valence-electron chi connectivity index (χ2n) is 2.10. The maximum absolute atomic E-state index is 10.8. The number of hydrogen-bond acceptors (Lipinski definition) is 5. The molecule has 7 nitrogen and oxygen atoms in total. The number of aromatic nitrogens is 2. The van der Waals surface area contributed by atoms with E-state index >= 15 is 0 Å². The number of nitrogens with one attached hydrogen (secondary N) is 1. The van der Waals surface area contributed by atoms with E-state index in [2.05, 4.69) is 9.97 Å². The fourth-order valence-electron chi connectivity index (χ4n) is 0.575. The van der Waals surface area contributed by atoms with Crippen LogP contribution in [0.2, 0.25) is 0 Å². The average Bonchev–Trinajstić information content (AvgIpc) is 2.30. The quantitative estimate of drug-likeness (QED) is 0.511. The maximum atomic E-state index is 10.8. The van der Waals surface area contributed by atoms with Crippen molar-refractivity contribution in [3.8, 4) is 0 Å². The Morgan fingerprint density at radius 1 is 1.67 bits per heavy atom. The van der Waals surface area contributed by atoms with Gasteiger partial charge in [-0.1, -0.05) is 0 Å². The zero-order valence-corrected chi connectivity index (χ0v) is 6.83. The number of hydrogen-bond donors (Lipinski definition) is 1. The Balaban J connectivity index is 3.17. The van der Waals surface area contributed by atoms with Gasteiger partial charge in [-0.3, -0.25) is 0 Å². The Hall–Kier alpha value is -1.44. The number of H-pyrrole nitrogens is 1. The van der Waals surface area contributed by atoms with Gasteiger partial charge in [0.1, 0.15) is 6.20 Å². The average molecular weight is 191 g/mol. The van der Waals surface area contributed by atoms with Crippen LogP contribution in [0.25, 0.3) is 0 Å². The molecular weight excluding hydrogens is 186 g/mol. The molecular formula is C4H5N3O4S. The van der Waals surface area contributed by atoms with Crippen molar-refractivity contribution in [2.45, 2.75) is 5.16 Å². The van der Waals surface area contributed by atoms with E-state index < -0.39 is 25.7 Å². The van der Waals surface area contributed by atoms with Crippen molar-refractivity contribution in [2.75, 3.05) is 6.26 Å². The summed E-state index contributed by atoms with van der Waals surface area (Å²) in [7, 11) is -3.49. The lowest BCUT2D eigenvalue weighted by Crippen LogP contribution is -1.99. The number of rotatable bonds is 2. The van der Waals surface area contributed by atoms with Gasteiger partial charge in [0.2, 0.25) is 9.84 Å².